The Hall–Kier alpha value is -2.01. The first-order valence-corrected chi connectivity index (χ1v) is 7.25. The summed E-state index contributed by atoms with van der Waals surface area (Å²) in [7, 11) is 1.80. The van der Waals surface area contributed by atoms with Crippen molar-refractivity contribution in [2.45, 2.75) is 18.9 Å². The van der Waals surface area contributed by atoms with E-state index in [0.717, 1.165) is 5.75 Å². The summed E-state index contributed by atoms with van der Waals surface area (Å²) < 4.78 is 5.74. The van der Waals surface area contributed by atoms with Gasteiger partial charge in [0.25, 0.3) is 0 Å². The summed E-state index contributed by atoms with van der Waals surface area (Å²) >= 11 is 6.08. The normalized spacial score (nSPS) is 17.8. The molecule has 5 nitrogen and oxygen atoms in total. The van der Waals surface area contributed by atoms with Gasteiger partial charge in [0.05, 0.1) is 6.61 Å². The average molecular weight is 305 g/mol. The highest BCUT2D eigenvalue weighted by Crippen LogP contribution is 2.37. The second kappa shape index (κ2) is 5.77. The Morgan fingerprint density at radius 2 is 2.14 bits per heavy atom. The molecule has 1 aliphatic rings. The average Bonchev–Trinajstić information content (AvgIpc) is 2.91. The van der Waals surface area contributed by atoms with Crippen LogP contribution in [0.25, 0.3) is 0 Å². The molecular formula is C15H17ClN4O. The van der Waals surface area contributed by atoms with Gasteiger partial charge in [-0.3, -0.25) is 0 Å². The SMILES string of the molecule is CNc1c(Cl)ncnc1NC(C)C1COc2ccccc21. The van der Waals surface area contributed by atoms with E-state index in [1.807, 2.05) is 18.2 Å². The Morgan fingerprint density at radius 1 is 1.33 bits per heavy atom. The van der Waals surface area contributed by atoms with Crippen molar-refractivity contribution >= 4 is 23.1 Å². The summed E-state index contributed by atoms with van der Waals surface area (Å²) in [6.07, 6.45) is 1.46. The summed E-state index contributed by atoms with van der Waals surface area (Å²) in [4.78, 5) is 8.25. The van der Waals surface area contributed by atoms with Crippen molar-refractivity contribution in [1.82, 2.24) is 9.97 Å². The van der Waals surface area contributed by atoms with E-state index in [1.54, 1.807) is 7.05 Å². The molecule has 2 atom stereocenters. The Morgan fingerprint density at radius 3 is 2.95 bits per heavy atom. The molecule has 2 heterocycles. The number of nitrogens with one attached hydrogen (secondary N) is 2. The fraction of sp³-hybridized carbons (Fsp3) is 0.333. The summed E-state index contributed by atoms with van der Waals surface area (Å²) in [5, 5.41) is 6.84. The van der Waals surface area contributed by atoms with Gasteiger partial charge in [-0.25, -0.2) is 9.97 Å². The fourth-order valence-electron chi connectivity index (χ4n) is 2.61. The maximum Gasteiger partial charge on any atom is 0.157 e. The van der Waals surface area contributed by atoms with Crippen LogP contribution >= 0.6 is 11.6 Å². The van der Waals surface area contributed by atoms with Crippen LogP contribution in [0.2, 0.25) is 5.15 Å². The van der Waals surface area contributed by atoms with Gasteiger partial charge >= 0.3 is 0 Å². The number of benzene rings is 1. The molecule has 2 N–H and O–H groups in total. The Kier molecular flexibility index (Phi) is 3.84. The van der Waals surface area contributed by atoms with Crippen LogP contribution in [0.5, 0.6) is 5.75 Å². The van der Waals surface area contributed by atoms with E-state index in [4.69, 9.17) is 16.3 Å². The van der Waals surface area contributed by atoms with Gasteiger partial charge in [-0.1, -0.05) is 29.8 Å². The van der Waals surface area contributed by atoms with E-state index in [2.05, 4.69) is 33.6 Å². The fourth-order valence-corrected chi connectivity index (χ4v) is 2.84. The van der Waals surface area contributed by atoms with E-state index >= 15 is 0 Å². The number of halogens is 1. The molecule has 0 amide bonds. The first-order valence-electron chi connectivity index (χ1n) is 6.87. The van der Waals surface area contributed by atoms with Crippen molar-refractivity contribution in [3.8, 4) is 5.75 Å². The van der Waals surface area contributed by atoms with Gasteiger partial charge in [0.2, 0.25) is 0 Å². The van der Waals surface area contributed by atoms with Gasteiger partial charge in [0.1, 0.15) is 17.8 Å². The molecule has 0 radical (unpaired) electrons. The van der Waals surface area contributed by atoms with Crippen LogP contribution in [0.3, 0.4) is 0 Å². The number of anilines is 2. The number of hydrogen-bond acceptors (Lipinski definition) is 5. The predicted octanol–water partition coefficient (Wildman–Crippen LogP) is 3.15. The first kappa shape index (κ1) is 13.9. The summed E-state index contributed by atoms with van der Waals surface area (Å²) in [6, 6.07) is 8.29. The lowest BCUT2D eigenvalue weighted by Gasteiger charge is -2.22. The van der Waals surface area contributed by atoms with Crippen LogP contribution in [0.4, 0.5) is 11.5 Å². The highest BCUT2D eigenvalue weighted by molar-refractivity contribution is 6.32. The summed E-state index contributed by atoms with van der Waals surface area (Å²) in [5.74, 6) is 1.94. The highest BCUT2D eigenvalue weighted by atomic mass is 35.5. The molecule has 0 saturated carbocycles. The summed E-state index contributed by atoms with van der Waals surface area (Å²) in [5.41, 5.74) is 1.93. The second-order valence-corrected chi connectivity index (χ2v) is 5.38. The number of ether oxygens (including phenoxy) is 1. The van der Waals surface area contributed by atoms with Crippen LogP contribution in [0.1, 0.15) is 18.4 Å². The van der Waals surface area contributed by atoms with Gasteiger partial charge in [-0.2, -0.15) is 0 Å². The molecule has 0 spiro atoms. The third-order valence-electron chi connectivity index (χ3n) is 3.76. The number of aromatic nitrogens is 2. The molecule has 21 heavy (non-hydrogen) atoms. The van der Waals surface area contributed by atoms with Crippen LogP contribution in [-0.2, 0) is 0 Å². The minimum atomic E-state index is 0.159. The zero-order valence-corrected chi connectivity index (χ0v) is 12.7. The largest absolute Gasteiger partial charge is 0.493 e. The van der Waals surface area contributed by atoms with Crippen LogP contribution in [0, 0.1) is 0 Å². The van der Waals surface area contributed by atoms with E-state index in [9.17, 15) is 0 Å². The standard InChI is InChI=1S/C15H17ClN4O/c1-9(11-7-21-12-6-4-3-5-10(11)12)20-15-13(17-2)14(16)18-8-19-15/h3-6,8-9,11,17H,7H2,1-2H3,(H,18,19,20). The molecule has 0 aliphatic carbocycles. The van der Waals surface area contributed by atoms with Gasteiger partial charge in [-0.15, -0.1) is 0 Å². The molecule has 1 aromatic heterocycles. The lowest BCUT2D eigenvalue weighted by Crippen LogP contribution is -2.26. The Labute approximate surface area is 128 Å². The van der Waals surface area contributed by atoms with E-state index in [-0.39, 0.29) is 12.0 Å². The summed E-state index contributed by atoms with van der Waals surface area (Å²) in [6.45, 7) is 2.78. The van der Waals surface area contributed by atoms with Crippen molar-refractivity contribution in [3.05, 3.63) is 41.3 Å². The molecule has 110 valence electrons. The zero-order chi connectivity index (χ0) is 14.8. The molecule has 0 fully saturated rings. The van der Waals surface area contributed by atoms with Crippen LogP contribution < -0.4 is 15.4 Å². The molecule has 2 aromatic rings. The van der Waals surface area contributed by atoms with Crippen molar-refractivity contribution in [2.75, 3.05) is 24.3 Å². The van der Waals surface area contributed by atoms with E-state index < -0.39 is 0 Å². The number of hydrogen-bond donors (Lipinski definition) is 2. The first-order chi connectivity index (χ1) is 10.2. The lowest BCUT2D eigenvalue weighted by atomic mass is 9.94. The topological polar surface area (TPSA) is 59.1 Å². The molecule has 1 aliphatic heterocycles. The molecule has 0 saturated heterocycles. The van der Waals surface area contributed by atoms with E-state index in [0.29, 0.717) is 23.3 Å². The van der Waals surface area contributed by atoms with Gasteiger partial charge < -0.3 is 15.4 Å². The van der Waals surface area contributed by atoms with Crippen molar-refractivity contribution in [1.29, 1.82) is 0 Å². The number of rotatable bonds is 4. The maximum absolute atomic E-state index is 6.08. The number of fused-ring (bicyclic) bond motifs is 1. The monoisotopic (exact) mass is 304 g/mol. The second-order valence-electron chi connectivity index (χ2n) is 5.03. The molecule has 6 heteroatoms. The molecular weight excluding hydrogens is 288 g/mol. The minimum absolute atomic E-state index is 0.159. The molecule has 2 unspecified atom stereocenters. The maximum atomic E-state index is 6.08. The van der Waals surface area contributed by atoms with Crippen molar-refractivity contribution < 1.29 is 4.74 Å². The number of nitrogens with zero attached hydrogens (tertiary/aromatic N) is 2. The van der Waals surface area contributed by atoms with Crippen LogP contribution in [-0.4, -0.2) is 29.7 Å². The third-order valence-corrected chi connectivity index (χ3v) is 4.04. The van der Waals surface area contributed by atoms with Gasteiger partial charge in [0.15, 0.2) is 11.0 Å². The molecule has 3 rings (SSSR count). The predicted molar refractivity (Wildman–Crippen MR) is 84.4 cm³/mol. The Balaban J connectivity index is 1.82. The van der Waals surface area contributed by atoms with Gasteiger partial charge in [0, 0.05) is 24.6 Å². The highest BCUT2D eigenvalue weighted by Gasteiger charge is 2.29. The zero-order valence-electron chi connectivity index (χ0n) is 11.9. The smallest absolute Gasteiger partial charge is 0.157 e. The van der Waals surface area contributed by atoms with E-state index in [1.165, 1.54) is 11.9 Å². The van der Waals surface area contributed by atoms with Crippen LogP contribution in [0.15, 0.2) is 30.6 Å². The molecule has 1 aromatic carbocycles. The van der Waals surface area contributed by atoms with Crippen molar-refractivity contribution in [3.63, 3.8) is 0 Å². The molecule has 0 bridgehead atoms. The third kappa shape index (κ3) is 2.61. The Bertz CT molecular complexity index is 649. The minimum Gasteiger partial charge on any atom is -0.493 e. The quantitative estimate of drug-likeness (QED) is 0.850. The van der Waals surface area contributed by atoms with Crippen molar-refractivity contribution in [2.24, 2.45) is 0 Å². The number of para-hydroxylation sites is 1. The lowest BCUT2D eigenvalue weighted by molar-refractivity contribution is 0.322. The van der Waals surface area contributed by atoms with Gasteiger partial charge in [-0.05, 0) is 13.0 Å².